The number of anilines is 2. The second-order valence-electron chi connectivity index (χ2n) is 6.45. The Bertz CT molecular complexity index is 1030. The zero-order valence-corrected chi connectivity index (χ0v) is 16.5. The summed E-state index contributed by atoms with van der Waals surface area (Å²) in [6.45, 7) is 4.01. The van der Waals surface area contributed by atoms with E-state index in [1.54, 1.807) is 23.7 Å². The van der Waals surface area contributed by atoms with Crippen molar-refractivity contribution in [1.29, 1.82) is 0 Å². The Kier molecular flexibility index (Phi) is 5.88. The lowest BCUT2D eigenvalue weighted by Gasteiger charge is -2.16. The predicted molar refractivity (Wildman–Crippen MR) is 108 cm³/mol. The molecule has 0 aliphatic rings. The summed E-state index contributed by atoms with van der Waals surface area (Å²) in [4.78, 5) is 0. The Hall–Kier alpha value is -2.94. The van der Waals surface area contributed by atoms with Crippen LogP contribution in [0.2, 0.25) is 0 Å². The molecular formula is C20H18F4N4S. The molecule has 152 valence electrons. The first kappa shape index (κ1) is 20.8. The van der Waals surface area contributed by atoms with Gasteiger partial charge in [0.15, 0.2) is 5.11 Å². The van der Waals surface area contributed by atoms with E-state index in [0.717, 1.165) is 17.3 Å². The lowest BCUT2D eigenvalue weighted by molar-refractivity contribution is -0.136. The van der Waals surface area contributed by atoms with Gasteiger partial charge in [0.25, 0.3) is 0 Å². The first-order valence-corrected chi connectivity index (χ1v) is 9.08. The first-order valence-electron chi connectivity index (χ1n) is 8.68. The number of alkyl halides is 3. The number of aryl methyl sites for hydroxylation is 1. The highest BCUT2D eigenvalue weighted by atomic mass is 32.1. The molecular weight excluding hydrogens is 404 g/mol. The maximum absolute atomic E-state index is 13.1. The molecule has 3 rings (SSSR count). The Labute approximate surface area is 170 Å². The summed E-state index contributed by atoms with van der Waals surface area (Å²) in [5.41, 5.74) is 1.92. The van der Waals surface area contributed by atoms with Gasteiger partial charge in [0.2, 0.25) is 0 Å². The smallest absolute Gasteiger partial charge is 0.332 e. The van der Waals surface area contributed by atoms with Crippen LogP contribution in [0.1, 0.15) is 22.5 Å². The average Bonchev–Trinajstić information content (AvgIpc) is 2.90. The molecule has 29 heavy (non-hydrogen) atoms. The molecule has 3 aromatic rings. The molecule has 1 heterocycles. The van der Waals surface area contributed by atoms with Crippen molar-refractivity contribution >= 4 is 28.7 Å². The van der Waals surface area contributed by atoms with Crippen LogP contribution in [0.25, 0.3) is 0 Å². The van der Waals surface area contributed by atoms with Crippen LogP contribution in [0.5, 0.6) is 0 Å². The number of nitrogens with zero attached hydrogens (tertiary/aromatic N) is 2. The molecule has 2 N–H and O–H groups in total. The number of hydrogen-bond acceptors (Lipinski definition) is 2. The van der Waals surface area contributed by atoms with E-state index in [2.05, 4.69) is 15.7 Å². The van der Waals surface area contributed by atoms with E-state index in [4.69, 9.17) is 12.2 Å². The van der Waals surface area contributed by atoms with Crippen molar-refractivity contribution in [1.82, 2.24) is 9.78 Å². The minimum Gasteiger partial charge on any atom is -0.332 e. The highest BCUT2D eigenvalue weighted by Crippen LogP contribution is 2.34. The Morgan fingerprint density at radius 3 is 2.34 bits per heavy atom. The molecule has 0 saturated carbocycles. The fourth-order valence-electron chi connectivity index (χ4n) is 2.90. The Morgan fingerprint density at radius 1 is 1.03 bits per heavy atom. The van der Waals surface area contributed by atoms with Crippen LogP contribution in [0.4, 0.5) is 28.9 Å². The zero-order valence-electron chi connectivity index (χ0n) is 15.6. The van der Waals surface area contributed by atoms with Crippen LogP contribution in [0.3, 0.4) is 0 Å². The van der Waals surface area contributed by atoms with Crippen LogP contribution in [-0.4, -0.2) is 14.9 Å². The molecule has 0 fully saturated rings. The molecule has 0 saturated heterocycles. The third kappa shape index (κ3) is 4.92. The van der Waals surface area contributed by atoms with Crippen LogP contribution < -0.4 is 10.6 Å². The number of halogens is 4. The molecule has 0 radical (unpaired) electrons. The fourth-order valence-corrected chi connectivity index (χ4v) is 3.11. The molecule has 0 spiro atoms. The molecule has 1 aromatic heterocycles. The van der Waals surface area contributed by atoms with Crippen molar-refractivity contribution < 1.29 is 17.6 Å². The standard InChI is InChI=1S/C20H18F4N4S/c1-12-18(13(2)28(27-12)11-14-7-9-15(21)10-8-14)26-19(29)25-17-6-4-3-5-16(17)20(22,23)24/h3-10H,11H2,1-2H3,(H2,25,26,29). The summed E-state index contributed by atoms with van der Waals surface area (Å²) in [6, 6.07) is 11.2. The van der Waals surface area contributed by atoms with Crippen molar-refractivity contribution in [3.63, 3.8) is 0 Å². The average molecular weight is 422 g/mol. The van der Waals surface area contributed by atoms with E-state index in [9.17, 15) is 17.6 Å². The largest absolute Gasteiger partial charge is 0.418 e. The number of nitrogens with one attached hydrogen (secondary N) is 2. The van der Waals surface area contributed by atoms with Crippen LogP contribution in [0, 0.1) is 19.7 Å². The maximum Gasteiger partial charge on any atom is 0.418 e. The first-order chi connectivity index (χ1) is 13.6. The van der Waals surface area contributed by atoms with E-state index < -0.39 is 11.7 Å². The van der Waals surface area contributed by atoms with Crippen molar-refractivity contribution in [2.45, 2.75) is 26.6 Å². The van der Waals surface area contributed by atoms with Gasteiger partial charge in [-0.25, -0.2) is 4.39 Å². The summed E-state index contributed by atoms with van der Waals surface area (Å²) < 4.78 is 54.2. The molecule has 0 bridgehead atoms. The van der Waals surface area contributed by atoms with Crippen molar-refractivity contribution in [2.75, 3.05) is 10.6 Å². The topological polar surface area (TPSA) is 41.9 Å². The zero-order chi connectivity index (χ0) is 21.2. The SMILES string of the molecule is Cc1nn(Cc2ccc(F)cc2)c(C)c1NC(=S)Nc1ccccc1C(F)(F)F. The van der Waals surface area contributed by atoms with Gasteiger partial charge in [-0.15, -0.1) is 0 Å². The summed E-state index contributed by atoms with van der Waals surface area (Å²) in [5.74, 6) is -0.319. The molecule has 0 amide bonds. The van der Waals surface area contributed by atoms with Gasteiger partial charge in [0, 0.05) is 0 Å². The van der Waals surface area contributed by atoms with Gasteiger partial charge in [-0.05, 0) is 55.9 Å². The fraction of sp³-hybridized carbons (Fsp3) is 0.200. The molecule has 0 aliphatic heterocycles. The van der Waals surface area contributed by atoms with Gasteiger partial charge in [0.05, 0.1) is 34.9 Å². The maximum atomic E-state index is 13.1. The minimum absolute atomic E-state index is 0.0224. The van der Waals surface area contributed by atoms with Crippen LogP contribution >= 0.6 is 12.2 Å². The molecule has 0 unspecified atom stereocenters. The molecule has 0 atom stereocenters. The van der Waals surface area contributed by atoms with Gasteiger partial charge in [-0.2, -0.15) is 18.3 Å². The number of rotatable bonds is 4. The van der Waals surface area contributed by atoms with E-state index in [-0.39, 0.29) is 16.6 Å². The predicted octanol–water partition coefficient (Wildman–Crippen LogP) is 5.52. The third-order valence-electron chi connectivity index (χ3n) is 4.35. The quantitative estimate of drug-likeness (QED) is 0.430. The second kappa shape index (κ2) is 8.20. The Morgan fingerprint density at radius 2 is 1.69 bits per heavy atom. The van der Waals surface area contributed by atoms with Crippen LogP contribution in [-0.2, 0) is 12.7 Å². The van der Waals surface area contributed by atoms with Crippen molar-refractivity contribution in [3.05, 3.63) is 76.9 Å². The van der Waals surface area contributed by atoms with Gasteiger partial charge >= 0.3 is 6.18 Å². The normalized spacial score (nSPS) is 11.4. The lowest BCUT2D eigenvalue weighted by atomic mass is 10.1. The molecule has 2 aromatic carbocycles. The van der Waals surface area contributed by atoms with Gasteiger partial charge in [-0.1, -0.05) is 24.3 Å². The minimum atomic E-state index is -4.49. The van der Waals surface area contributed by atoms with Crippen LogP contribution in [0.15, 0.2) is 48.5 Å². The van der Waals surface area contributed by atoms with Gasteiger partial charge in [0.1, 0.15) is 5.82 Å². The van der Waals surface area contributed by atoms with Crippen molar-refractivity contribution in [2.24, 2.45) is 0 Å². The molecule has 9 heteroatoms. The molecule has 0 aliphatic carbocycles. The van der Waals surface area contributed by atoms with Gasteiger partial charge < -0.3 is 10.6 Å². The lowest BCUT2D eigenvalue weighted by Crippen LogP contribution is -2.22. The highest BCUT2D eigenvalue weighted by Gasteiger charge is 2.33. The summed E-state index contributed by atoms with van der Waals surface area (Å²) in [6.07, 6.45) is -4.49. The summed E-state index contributed by atoms with van der Waals surface area (Å²) >= 11 is 5.20. The molecule has 4 nitrogen and oxygen atoms in total. The number of thiocarbonyl (C=S) groups is 1. The van der Waals surface area contributed by atoms with E-state index in [1.807, 2.05) is 6.92 Å². The second-order valence-corrected chi connectivity index (χ2v) is 6.86. The van der Waals surface area contributed by atoms with E-state index in [1.165, 1.54) is 30.3 Å². The monoisotopic (exact) mass is 422 g/mol. The number of benzene rings is 2. The highest BCUT2D eigenvalue weighted by molar-refractivity contribution is 7.80. The number of aromatic nitrogens is 2. The number of para-hydroxylation sites is 1. The third-order valence-corrected chi connectivity index (χ3v) is 4.55. The van der Waals surface area contributed by atoms with E-state index in [0.29, 0.717) is 17.9 Å². The van der Waals surface area contributed by atoms with E-state index >= 15 is 0 Å². The number of hydrogen-bond donors (Lipinski definition) is 2. The Balaban J connectivity index is 1.76. The summed E-state index contributed by atoms with van der Waals surface area (Å²) in [7, 11) is 0. The van der Waals surface area contributed by atoms with Crippen molar-refractivity contribution in [3.8, 4) is 0 Å². The summed E-state index contributed by atoms with van der Waals surface area (Å²) in [5, 5.41) is 10.00. The van der Waals surface area contributed by atoms with Gasteiger partial charge in [-0.3, -0.25) is 4.68 Å².